The molecule has 1 amide bonds. The fourth-order valence-electron chi connectivity index (χ4n) is 2.88. The van der Waals surface area contributed by atoms with E-state index >= 15 is 0 Å². The first-order valence-electron chi connectivity index (χ1n) is 9.39. The highest BCUT2D eigenvalue weighted by atomic mass is 16.5. The van der Waals surface area contributed by atoms with Gasteiger partial charge in [0, 0.05) is 6.07 Å². The highest BCUT2D eigenvalue weighted by molar-refractivity contribution is 5.83. The SMILES string of the molecule is CC[C@H](Oc1cccc(OC)c1)C(=O)NCCOc1ccc2ccccc2c1. The van der Waals surface area contributed by atoms with Crippen LogP contribution in [0.2, 0.25) is 0 Å². The van der Waals surface area contributed by atoms with Crippen LogP contribution < -0.4 is 19.5 Å². The molecule has 0 saturated heterocycles. The maximum absolute atomic E-state index is 12.4. The average Bonchev–Trinajstić information content (AvgIpc) is 2.75. The van der Waals surface area contributed by atoms with Crippen LogP contribution in [0.25, 0.3) is 10.8 Å². The second kappa shape index (κ2) is 9.65. The minimum Gasteiger partial charge on any atom is -0.497 e. The summed E-state index contributed by atoms with van der Waals surface area (Å²) in [5.41, 5.74) is 0. The average molecular weight is 379 g/mol. The third-order valence-electron chi connectivity index (χ3n) is 4.37. The van der Waals surface area contributed by atoms with Crippen molar-refractivity contribution in [3.05, 3.63) is 66.7 Å². The van der Waals surface area contributed by atoms with Crippen LogP contribution in [-0.2, 0) is 4.79 Å². The second-order valence-electron chi connectivity index (χ2n) is 6.34. The predicted octanol–water partition coefficient (Wildman–Crippen LogP) is 4.20. The smallest absolute Gasteiger partial charge is 0.261 e. The summed E-state index contributed by atoms with van der Waals surface area (Å²) in [5, 5.41) is 5.17. The van der Waals surface area contributed by atoms with E-state index in [9.17, 15) is 4.79 Å². The summed E-state index contributed by atoms with van der Waals surface area (Å²) in [6.07, 6.45) is 0.00182. The number of carbonyl (C=O) groups is 1. The summed E-state index contributed by atoms with van der Waals surface area (Å²) in [6, 6.07) is 21.3. The summed E-state index contributed by atoms with van der Waals surface area (Å²) in [5.74, 6) is 1.92. The molecule has 1 N–H and O–H groups in total. The van der Waals surface area contributed by atoms with E-state index < -0.39 is 6.10 Å². The van der Waals surface area contributed by atoms with Crippen molar-refractivity contribution in [2.75, 3.05) is 20.3 Å². The van der Waals surface area contributed by atoms with Gasteiger partial charge in [-0.1, -0.05) is 43.3 Å². The van der Waals surface area contributed by atoms with Gasteiger partial charge in [-0.2, -0.15) is 0 Å². The zero-order valence-corrected chi connectivity index (χ0v) is 16.2. The predicted molar refractivity (Wildman–Crippen MR) is 110 cm³/mol. The third-order valence-corrected chi connectivity index (χ3v) is 4.37. The van der Waals surface area contributed by atoms with Crippen LogP contribution in [0.3, 0.4) is 0 Å². The van der Waals surface area contributed by atoms with Crippen LogP contribution in [-0.4, -0.2) is 32.3 Å². The van der Waals surface area contributed by atoms with Crippen LogP contribution in [0.4, 0.5) is 0 Å². The Balaban J connectivity index is 1.47. The minimum absolute atomic E-state index is 0.160. The maximum Gasteiger partial charge on any atom is 0.261 e. The molecule has 0 bridgehead atoms. The Hall–Kier alpha value is -3.21. The molecule has 3 aromatic carbocycles. The van der Waals surface area contributed by atoms with Crippen LogP contribution in [0.5, 0.6) is 17.2 Å². The number of hydrogen-bond donors (Lipinski definition) is 1. The third kappa shape index (κ3) is 5.16. The van der Waals surface area contributed by atoms with E-state index in [2.05, 4.69) is 11.4 Å². The minimum atomic E-state index is -0.562. The molecule has 28 heavy (non-hydrogen) atoms. The molecule has 5 nitrogen and oxygen atoms in total. The highest BCUT2D eigenvalue weighted by Crippen LogP contribution is 2.21. The van der Waals surface area contributed by atoms with Gasteiger partial charge < -0.3 is 19.5 Å². The maximum atomic E-state index is 12.4. The van der Waals surface area contributed by atoms with Gasteiger partial charge in [0.2, 0.25) is 0 Å². The van der Waals surface area contributed by atoms with E-state index in [-0.39, 0.29) is 5.91 Å². The van der Waals surface area contributed by atoms with Gasteiger partial charge in [0.15, 0.2) is 6.10 Å². The molecule has 5 heteroatoms. The van der Waals surface area contributed by atoms with E-state index in [1.54, 1.807) is 19.2 Å². The molecule has 146 valence electrons. The Morgan fingerprint density at radius 2 is 1.71 bits per heavy atom. The quantitative estimate of drug-likeness (QED) is 0.566. The van der Waals surface area contributed by atoms with E-state index in [1.165, 1.54) is 5.39 Å². The summed E-state index contributed by atoms with van der Waals surface area (Å²) < 4.78 is 16.7. The Kier molecular flexibility index (Phi) is 6.73. The van der Waals surface area contributed by atoms with Crippen molar-refractivity contribution in [1.82, 2.24) is 5.32 Å². The Morgan fingerprint density at radius 3 is 2.50 bits per heavy atom. The fourth-order valence-corrected chi connectivity index (χ4v) is 2.88. The Labute approximate surface area is 165 Å². The van der Waals surface area contributed by atoms with Crippen molar-refractivity contribution in [1.29, 1.82) is 0 Å². The lowest BCUT2D eigenvalue weighted by molar-refractivity contribution is -0.128. The molecule has 0 spiro atoms. The van der Waals surface area contributed by atoms with Gasteiger partial charge >= 0.3 is 0 Å². The number of methoxy groups -OCH3 is 1. The van der Waals surface area contributed by atoms with Crippen molar-refractivity contribution in [3.8, 4) is 17.2 Å². The van der Waals surface area contributed by atoms with Gasteiger partial charge in [-0.05, 0) is 41.5 Å². The summed E-state index contributed by atoms with van der Waals surface area (Å²) in [7, 11) is 1.60. The van der Waals surface area contributed by atoms with Crippen LogP contribution in [0, 0.1) is 0 Å². The molecule has 0 aliphatic heterocycles. The first-order chi connectivity index (χ1) is 13.7. The van der Waals surface area contributed by atoms with Crippen molar-refractivity contribution in [2.24, 2.45) is 0 Å². The Morgan fingerprint density at radius 1 is 0.929 bits per heavy atom. The number of rotatable bonds is 9. The normalized spacial score (nSPS) is 11.6. The van der Waals surface area contributed by atoms with Gasteiger partial charge in [-0.3, -0.25) is 4.79 Å². The molecular formula is C23H25NO4. The first kappa shape index (κ1) is 19.5. The van der Waals surface area contributed by atoms with Crippen molar-refractivity contribution >= 4 is 16.7 Å². The van der Waals surface area contributed by atoms with Crippen molar-refractivity contribution in [2.45, 2.75) is 19.4 Å². The van der Waals surface area contributed by atoms with Crippen molar-refractivity contribution in [3.63, 3.8) is 0 Å². The molecule has 3 rings (SSSR count). The molecule has 0 aliphatic rings. The monoisotopic (exact) mass is 379 g/mol. The zero-order valence-electron chi connectivity index (χ0n) is 16.2. The molecule has 0 saturated carbocycles. The molecule has 3 aromatic rings. The van der Waals surface area contributed by atoms with Crippen LogP contribution in [0.1, 0.15) is 13.3 Å². The number of carbonyl (C=O) groups excluding carboxylic acids is 1. The lowest BCUT2D eigenvalue weighted by atomic mass is 10.1. The summed E-state index contributed by atoms with van der Waals surface area (Å²) in [4.78, 5) is 12.4. The second-order valence-corrected chi connectivity index (χ2v) is 6.34. The van der Waals surface area contributed by atoms with E-state index in [0.29, 0.717) is 31.1 Å². The molecule has 0 heterocycles. The summed E-state index contributed by atoms with van der Waals surface area (Å²) in [6.45, 7) is 2.71. The first-order valence-corrected chi connectivity index (χ1v) is 9.39. The molecule has 0 unspecified atom stereocenters. The highest BCUT2D eigenvalue weighted by Gasteiger charge is 2.18. The molecule has 0 radical (unpaired) electrons. The molecule has 0 fully saturated rings. The topological polar surface area (TPSA) is 56.8 Å². The van der Waals surface area contributed by atoms with E-state index in [1.807, 2.05) is 55.5 Å². The number of fused-ring (bicyclic) bond motifs is 1. The molecule has 1 atom stereocenters. The van der Waals surface area contributed by atoms with Gasteiger partial charge in [0.1, 0.15) is 23.9 Å². The summed E-state index contributed by atoms with van der Waals surface area (Å²) >= 11 is 0. The fraction of sp³-hybridized carbons (Fsp3) is 0.261. The lowest BCUT2D eigenvalue weighted by Gasteiger charge is -2.18. The van der Waals surface area contributed by atoms with E-state index in [4.69, 9.17) is 14.2 Å². The largest absolute Gasteiger partial charge is 0.497 e. The number of nitrogens with one attached hydrogen (secondary N) is 1. The van der Waals surface area contributed by atoms with Gasteiger partial charge in [-0.25, -0.2) is 0 Å². The standard InChI is InChI=1S/C23H25NO4/c1-3-22(28-21-10-6-9-19(16-21)26-2)23(25)24-13-14-27-20-12-11-17-7-4-5-8-18(17)15-20/h4-12,15-16,22H,3,13-14H2,1-2H3,(H,24,25)/t22-/m0/s1. The van der Waals surface area contributed by atoms with Gasteiger partial charge in [0.05, 0.1) is 13.7 Å². The lowest BCUT2D eigenvalue weighted by Crippen LogP contribution is -2.39. The van der Waals surface area contributed by atoms with Gasteiger partial charge in [0.25, 0.3) is 5.91 Å². The number of hydrogen-bond acceptors (Lipinski definition) is 4. The number of benzene rings is 3. The van der Waals surface area contributed by atoms with Crippen molar-refractivity contribution < 1.29 is 19.0 Å². The number of amides is 1. The van der Waals surface area contributed by atoms with Crippen LogP contribution >= 0.6 is 0 Å². The van der Waals surface area contributed by atoms with Gasteiger partial charge in [-0.15, -0.1) is 0 Å². The number of ether oxygens (including phenoxy) is 3. The molecule has 0 aromatic heterocycles. The molecular weight excluding hydrogens is 354 g/mol. The zero-order chi connectivity index (χ0) is 19.8. The van der Waals surface area contributed by atoms with E-state index in [0.717, 1.165) is 11.1 Å². The molecule has 0 aliphatic carbocycles. The Bertz CT molecular complexity index is 925. The van der Waals surface area contributed by atoms with Crippen LogP contribution in [0.15, 0.2) is 66.7 Å².